The quantitative estimate of drug-likeness (QED) is 0.707. The third-order valence-electron chi connectivity index (χ3n) is 4.26. The van der Waals surface area contributed by atoms with Crippen molar-refractivity contribution in [2.45, 2.75) is 44.6 Å². The predicted molar refractivity (Wildman–Crippen MR) is 73.8 cm³/mol. The Bertz CT molecular complexity index is 349. The molecule has 2 saturated heterocycles. The van der Waals surface area contributed by atoms with E-state index in [0.29, 0.717) is 29.4 Å². The van der Waals surface area contributed by atoms with Crippen molar-refractivity contribution >= 4 is 21.4 Å². The van der Waals surface area contributed by atoms with Gasteiger partial charge in [-0.15, -0.1) is 11.6 Å². The van der Waals surface area contributed by atoms with Crippen LogP contribution in [0.25, 0.3) is 0 Å². The van der Waals surface area contributed by atoms with Gasteiger partial charge in [-0.05, 0) is 43.9 Å². The summed E-state index contributed by atoms with van der Waals surface area (Å²) in [6.07, 6.45) is 6.87. The molecule has 0 saturated carbocycles. The van der Waals surface area contributed by atoms with E-state index in [1.54, 1.807) is 0 Å². The normalized spacial score (nSPS) is 32.7. The molecule has 0 aromatic rings. The molecule has 2 fully saturated rings. The molecule has 2 aliphatic heterocycles. The second-order valence-electron chi connectivity index (χ2n) is 5.64. The van der Waals surface area contributed by atoms with Gasteiger partial charge in [-0.2, -0.15) is 0 Å². The Kier molecular flexibility index (Phi) is 5.34. The summed E-state index contributed by atoms with van der Waals surface area (Å²) < 4.78 is 28.6. The second kappa shape index (κ2) is 6.58. The lowest BCUT2D eigenvalue weighted by Crippen LogP contribution is -2.18. The van der Waals surface area contributed by atoms with Gasteiger partial charge in [-0.3, -0.25) is 0 Å². The highest BCUT2D eigenvalue weighted by molar-refractivity contribution is 7.91. The summed E-state index contributed by atoms with van der Waals surface area (Å²) in [7, 11) is -2.77. The summed E-state index contributed by atoms with van der Waals surface area (Å²) in [5.74, 6) is 1.95. The van der Waals surface area contributed by atoms with Crippen LogP contribution >= 0.6 is 11.6 Å². The summed E-state index contributed by atoms with van der Waals surface area (Å²) >= 11 is 6.01. The molecule has 0 amide bonds. The average Bonchev–Trinajstić information content (AvgIpc) is 2.94. The average molecular weight is 295 g/mol. The van der Waals surface area contributed by atoms with Gasteiger partial charge >= 0.3 is 0 Å². The fourth-order valence-corrected chi connectivity index (χ4v) is 5.44. The standard InChI is InChI=1S/C13H23ClO3S/c14-9-11(12-6-8-18(15,16)10-12)3-1-4-13-5-2-7-17-13/h11-13H,1-10H2. The fourth-order valence-electron chi connectivity index (χ4n) is 3.11. The molecule has 0 aromatic heterocycles. The topological polar surface area (TPSA) is 43.4 Å². The molecule has 0 radical (unpaired) electrons. The molecular formula is C13H23ClO3S. The number of ether oxygens (including phenoxy) is 1. The van der Waals surface area contributed by atoms with Crippen LogP contribution in [0.5, 0.6) is 0 Å². The Labute approximate surface area is 115 Å². The number of alkyl halides is 1. The lowest BCUT2D eigenvalue weighted by molar-refractivity contribution is 0.100. The van der Waals surface area contributed by atoms with E-state index in [2.05, 4.69) is 0 Å². The van der Waals surface area contributed by atoms with Gasteiger partial charge in [0.2, 0.25) is 0 Å². The van der Waals surface area contributed by atoms with Gasteiger partial charge in [-0.1, -0.05) is 6.42 Å². The maximum Gasteiger partial charge on any atom is 0.150 e. The highest BCUT2D eigenvalue weighted by Crippen LogP contribution is 2.31. The van der Waals surface area contributed by atoms with E-state index < -0.39 is 9.84 Å². The smallest absolute Gasteiger partial charge is 0.150 e. The van der Waals surface area contributed by atoms with Crippen LogP contribution in [0, 0.1) is 11.8 Å². The van der Waals surface area contributed by atoms with Crippen molar-refractivity contribution in [2.75, 3.05) is 24.0 Å². The van der Waals surface area contributed by atoms with Gasteiger partial charge in [0.05, 0.1) is 17.6 Å². The highest BCUT2D eigenvalue weighted by atomic mass is 35.5. The third kappa shape index (κ3) is 4.10. The number of hydrogen-bond donors (Lipinski definition) is 0. The summed E-state index contributed by atoms with van der Waals surface area (Å²) in [5.41, 5.74) is 0. The Morgan fingerprint density at radius 1 is 1.33 bits per heavy atom. The van der Waals surface area contributed by atoms with Crippen molar-refractivity contribution in [3.8, 4) is 0 Å². The molecule has 2 heterocycles. The zero-order valence-corrected chi connectivity index (χ0v) is 12.4. The van der Waals surface area contributed by atoms with Crippen LogP contribution < -0.4 is 0 Å². The van der Waals surface area contributed by atoms with E-state index in [-0.39, 0.29) is 5.92 Å². The van der Waals surface area contributed by atoms with E-state index in [1.807, 2.05) is 0 Å². The number of rotatable bonds is 6. The molecule has 0 aliphatic carbocycles. The zero-order valence-electron chi connectivity index (χ0n) is 10.8. The van der Waals surface area contributed by atoms with Crippen molar-refractivity contribution in [2.24, 2.45) is 11.8 Å². The molecule has 3 nitrogen and oxygen atoms in total. The Morgan fingerprint density at radius 3 is 2.72 bits per heavy atom. The van der Waals surface area contributed by atoms with Crippen molar-refractivity contribution < 1.29 is 13.2 Å². The first-order valence-electron chi connectivity index (χ1n) is 6.99. The molecule has 2 aliphatic rings. The van der Waals surface area contributed by atoms with E-state index in [1.165, 1.54) is 12.8 Å². The Hall–Kier alpha value is 0.200. The number of halogens is 1. The molecule has 2 rings (SSSR count). The third-order valence-corrected chi connectivity index (χ3v) is 6.45. The molecule has 5 heteroatoms. The lowest BCUT2D eigenvalue weighted by Gasteiger charge is -2.20. The van der Waals surface area contributed by atoms with Crippen LogP contribution in [0.4, 0.5) is 0 Å². The van der Waals surface area contributed by atoms with Crippen LogP contribution in [0.1, 0.15) is 38.5 Å². The number of sulfone groups is 1. The van der Waals surface area contributed by atoms with Crippen molar-refractivity contribution in [1.29, 1.82) is 0 Å². The summed E-state index contributed by atoms with van der Waals surface area (Å²) in [4.78, 5) is 0. The summed E-state index contributed by atoms with van der Waals surface area (Å²) in [6.45, 7) is 0.907. The first-order chi connectivity index (χ1) is 8.61. The van der Waals surface area contributed by atoms with E-state index in [0.717, 1.165) is 32.3 Å². The van der Waals surface area contributed by atoms with E-state index >= 15 is 0 Å². The maximum absolute atomic E-state index is 11.5. The Morgan fingerprint density at radius 2 is 2.17 bits per heavy atom. The van der Waals surface area contributed by atoms with Crippen molar-refractivity contribution in [3.05, 3.63) is 0 Å². The molecule has 0 spiro atoms. The SMILES string of the molecule is O=S1(=O)CCC(C(CCl)CCCC2CCCO2)C1. The molecule has 18 heavy (non-hydrogen) atoms. The van der Waals surface area contributed by atoms with Crippen LogP contribution in [0.3, 0.4) is 0 Å². The van der Waals surface area contributed by atoms with E-state index in [9.17, 15) is 8.42 Å². The minimum absolute atomic E-state index is 0.289. The first-order valence-corrected chi connectivity index (χ1v) is 9.34. The fraction of sp³-hybridized carbons (Fsp3) is 1.00. The molecule has 3 atom stereocenters. The highest BCUT2D eigenvalue weighted by Gasteiger charge is 2.33. The van der Waals surface area contributed by atoms with Gasteiger partial charge in [0.25, 0.3) is 0 Å². The summed E-state index contributed by atoms with van der Waals surface area (Å²) in [5, 5.41) is 0. The first kappa shape index (κ1) is 14.6. The Balaban J connectivity index is 1.72. The lowest BCUT2D eigenvalue weighted by atomic mass is 9.88. The molecule has 0 N–H and O–H groups in total. The largest absolute Gasteiger partial charge is 0.378 e. The van der Waals surface area contributed by atoms with Gasteiger partial charge in [0.1, 0.15) is 0 Å². The van der Waals surface area contributed by atoms with Crippen LogP contribution in [0.15, 0.2) is 0 Å². The monoisotopic (exact) mass is 294 g/mol. The van der Waals surface area contributed by atoms with Crippen LogP contribution in [0.2, 0.25) is 0 Å². The van der Waals surface area contributed by atoms with Gasteiger partial charge in [0.15, 0.2) is 9.84 Å². The molecule has 3 unspecified atom stereocenters. The van der Waals surface area contributed by atoms with Gasteiger partial charge in [-0.25, -0.2) is 8.42 Å². The molecular weight excluding hydrogens is 272 g/mol. The van der Waals surface area contributed by atoms with Gasteiger partial charge < -0.3 is 4.74 Å². The van der Waals surface area contributed by atoms with Crippen molar-refractivity contribution in [3.63, 3.8) is 0 Å². The second-order valence-corrected chi connectivity index (χ2v) is 8.18. The van der Waals surface area contributed by atoms with Gasteiger partial charge in [0, 0.05) is 12.5 Å². The predicted octanol–water partition coefficient (Wildman–Crippen LogP) is 2.63. The van der Waals surface area contributed by atoms with E-state index in [4.69, 9.17) is 16.3 Å². The molecule has 0 bridgehead atoms. The van der Waals surface area contributed by atoms with Crippen LogP contribution in [-0.4, -0.2) is 38.5 Å². The summed E-state index contributed by atoms with van der Waals surface area (Å²) in [6, 6.07) is 0. The molecule has 106 valence electrons. The minimum Gasteiger partial charge on any atom is -0.378 e. The molecule has 0 aromatic carbocycles. The zero-order chi connectivity index (χ0) is 13.0. The van der Waals surface area contributed by atoms with Crippen LogP contribution in [-0.2, 0) is 14.6 Å². The maximum atomic E-state index is 11.5. The minimum atomic E-state index is -2.77. The number of hydrogen-bond acceptors (Lipinski definition) is 3. The van der Waals surface area contributed by atoms with Crippen molar-refractivity contribution in [1.82, 2.24) is 0 Å².